The van der Waals surface area contributed by atoms with Crippen molar-refractivity contribution in [3.8, 4) is 0 Å². The van der Waals surface area contributed by atoms with Gasteiger partial charge in [-0.2, -0.15) is 0 Å². The minimum absolute atomic E-state index is 0.319. The van der Waals surface area contributed by atoms with E-state index in [0.717, 1.165) is 5.56 Å². The fourth-order valence-corrected chi connectivity index (χ4v) is 1.94. The van der Waals surface area contributed by atoms with Crippen LogP contribution in [0.15, 0.2) is 30.3 Å². The lowest BCUT2D eigenvalue weighted by atomic mass is 9.85. The van der Waals surface area contributed by atoms with Crippen molar-refractivity contribution in [2.24, 2.45) is 5.41 Å². The van der Waals surface area contributed by atoms with Crippen LogP contribution >= 0.6 is 0 Å². The lowest BCUT2D eigenvalue weighted by Gasteiger charge is -2.19. The Morgan fingerprint density at radius 2 is 1.94 bits per heavy atom. The lowest BCUT2D eigenvalue weighted by Crippen LogP contribution is -2.34. The average molecular weight is 220 g/mol. The Morgan fingerprint density at radius 3 is 2.44 bits per heavy atom. The standard InChI is InChI=1S/C13H16O3/c1-13(2)11(14)10(16-12(13)15)8-9-6-4-3-5-7-9/h3-7,10-11,14H,8H2,1-2H3. The molecule has 1 fully saturated rings. The molecule has 1 heterocycles. The van der Waals surface area contributed by atoms with Gasteiger partial charge in [-0.1, -0.05) is 30.3 Å². The minimum atomic E-state index is -0.792. The van der Waals surface area contributed by atoms with Gasteiger partial charge in [0.05, 0.1) is 5.41 Å². The van der Waals surface area contributed by atoms with Gasteiger partial charge in [-0.05, 0) is 19.4 Å². The monoisotopic (exact) mass is 220 g/mol. The third-order valence-electron chi connectivity index (χ3n) is 3.16. The summed E-state index contributed by atoms with van der Waals surface area (Å²) >= 11 is 0. The van der Waals surface area contributed by atoms with Crippen molar-refractivity contribution in [2.45, 2.75) is 32.5 Å². The zero-order chi connectivity index (χ0) is 11.8. The van der Waals surface area contributed by atoms with E-state index in [0.29, 0.717) is 6.42 Å². The fraction of sp³-hybridized carbons (Fsp3) is 0.462. The Labute approximate surface area is 95.0 Å². The molecule has 2 atom stereocenters. The number of benzene rings is 1. The third-order valence-corrected chi connectivity index (χ3v) is 3.16. The van der Waals surface area contributed by atoms with Gasteiger partial charge in [-0.3, -0.25) is 4.79 Å². The van der Waals surface area contributed by atoms with E-state index >= 15 is 0 Å². The fourth-order valence-electron chi connectivity index (χ4n) is 1.94. The molecule has 0 aliphatic carbocycles. The van der Waals surface area contributed by atoms with Gasteiger partial charge in [-0.15, -0.1) is 0 Å². The van der Waals surface area contributed by atoms with Crippen LogP contribution < -0.4 is 0 Å². The van der Waals surface area contributed by atoms with Crippen molar-refractivity contribution in [1.29, 1.82) is 0 Å². The number of hydrogen-bond acceptors (Lipinski definition) is 3. The number of carbonyl (C=O) groups is 1. The van der Waals surface area contributed by atoms with Crippen molar-refractivity contribution in [2.75, 3.05) is 0 Å². The van der Waals surface area contributed by atoms with E-state index in [9.17, 15) is 9.90 Å². The molecule has 0 bridgehead atoms. The molecule has 16 heavy (non-hydrogen) atoms. The topological polar surface area (TPSA) is 46.5 Å². The first kappa shape index (κ1) is 11.1. The molecule has 0 aromatic heterocycles. The van der Waals surface area contributed by atoms with Gasteiger partial charge in [0.2, 0.25) is 0 Å². The van der Waals surface area contributed by atoms with Crippen LogP contribution in [-0.2, 0) is 16.0 Å². The molecule has 0 spiro atoms. The second kappa shape index (κ2) is 3.91. The average Bonchev–Trinajstić information content (AvgIpc) is 2.45. The molecule has 0 saturated carbocycles. The summed E-state index contributed by atoms with van der Waals surface area (Å²) in [5.74, 6) is -0.319. The van der Waals surface area contributed by atoms with Crippen molar-refractivity contribution in [3.63, 3.8) is 0 Å². The highest BCUT2D eigenvalue weighted by Gasteiger charge is 2.50. The highest BCUT2D eigenvalue weighted by atomic mass is 16.6. The number of aliphatic hydroxyl groups is 1. The summed E-state index contributed by atoms with van der Waals surface area (Å²) in [6.07, 6.45) is -0.595. The largest absolute Gasteiger partial charge is 0.459 e. The number of hydrogen-bond donors (Lipinski definition) is 1. The summed E-state index contributed by atoms with van der Waals surface area (Å²) in [5.41, 5.74) is 0.274. The summed E-state index contributed by atoms with van der Waals surface area (Å²) < 4.78 is 5.20. The predicted molar refractivity (Wildman–Crippen MR) is 59.8 cm³/mol. The van der Waals surface area contributed by atoms with E-state index < -0.39 is 17.6 Å². The highest BCUT2D eigenvalue weighted by molar-refractivity contribution is 5.79. The Morgan fingerprint density at radius 1 is 1.31 bits per heavy atom. The first-order valence-corrected chi connectivity index (χ1v) is 5.45. The molecule has 1 N–H and O–H groups in total. The molecule has 3 nitrogen and oxygen atoms in total. The lowest BCUT2D eigenvalue weighted by molar-refractivity contribution is -0.147. The molecule has 1 aromatic rings. The van der Waals surface area contributed by atoms with Gasteiger partial charge in [0.25, 0.3) is 0 Å². The summed E-state index contributed by atoms with van der Waals surface area (Å²) in [7, 11) is 0. The quantitative estimate of drug-likeness (QED) is 0.769. The number of rotatable bonds is 2. The van der Waals surface area contributed by atoms with Crippen LogP contribution in [0, 0.1) is 5.41 Å². The van der Waals surface area contributed by atoms with E-state index in [1.807, 2.05) is 30.3 Å². The molecule has 1 aliphatic heterocycles. The van der Waals surface area contributed by atoms with Crippen LogP contribution in [0.25, 0.3) is 0 Å². The van der Waals surface area contributed by atoms with Gasteiger partial charge < -0.3 is 9.84 Å². The third kappa shape index (κ3) is 1.83. The molecule has 1 aromatic carbocycles. The molecule has 86 valence electrons. The molecule has 0 radical (unpaired) electrons. The van der Waals surface area contributed by atoms with Crippen LogP contribution in [0.3, 0.4) is 0 Å². The first-order chi connectivity index (χ1) is 7.51. The molecular weight excluding hydrogens is 204 g/mol. The number of esters is 1. The molecule has 0 amide bonds. The zero-order valence-corrected chi connectivity index (χ0v) is 9.51. The summed E-state index contributed by atoms with van der Waals surface area (Å²) in [4.78, 5) is 11.5. The molecule has 3 heteroatoms. The van der Waals surface area contributed by atoms with Gasteiger partial charge in [0.15, 0.2) is 0 Å². The Balaban J connectivity index is 2.11. The van der Waals surface area contributed by atoms with Crippen LogP contribution in [0.1, 0.15) is 19.4 Å². The zero-order valence-electron chi connectivity index (χ0n) is 9.51. The Bertz CT molecular complexity index is 383. The molecular formula is C13H16O3. The maximum Gasteiger partial charge on any atom is 0.314 e. The van der Waals surface area contributed by atoms with Gasteiger partial charge in [-0.25, -0.2) is 0 Å². The van der Waals surface area contributed by atoms with Gasteiger partial charge >= 0.3 is 5.97 Å². The number of carbonyl (C=O) groups excluding carboxylic acids is 1. The maximum absolute atomic E-state index is 11.5. The smallest absolute Gasteiger partial charge is 0.314 e. The maximum atomic E-state index is 11.5. The second-order valence-electron chi connectivity index (χ2n) is 4.80. The molecule has 1 aliphatic rings. The van der Waals surface area contributed by atoms with Crippen LogP contribution in [0.5, 0.6) is 0 Å². The van der Waals surface area contributed by atoms with Crippen molar-refractivity contribution in [3.05, 3.63) is 35.9 Å². The van der Waals surface area contributed by atoms with Gasteiger partial charge in [0, 0.05) is 6.42 Å². The Hall–Kier alpha value is -1.35. The highest BCUT2D eigenvalue weighted by Crippen LogP contribution is 2.34. The van der Waals surface area contributed by atoms with Crippen molar-refractivity contribution in [1.82, 2.24) is 0 Å². The van der Waals surface area contributed by atoms with Gasteiger partial charge in [0.1, 0.15) is 12.2 Å². The van der Waals surface area contributed by atoms with E-state index in [-0.39, 0.29) is 5.97 Å². The molecule has 2 unspecified atom stereocenters. The van der Waals surface area contributed by atoms with Crippen molar-refractivity contribution < 1.29 is 14.6 Å². The second-order valence-corrected chi connectivity index (χ2v) is 4.80. The minimum Gasteiger partial charge on any atom is -0.459 e. The van der Waals surface area contributed by atoms with E-state index in [1.54, 1.807) is 13.8 Å². The number of cyclic esters (lactones) is 1. The normalized spacial score (nSPS) is 27.8. The predicted octanol–water partition coefficient (Wildman–Crippen LogP) is 1.54. The van der Waals surface area contributed by atoms with Crippen molar-refractivity contribution >= 4 is 5.97 Å². The molecule has 1 saturated heterocycles. The number of ether oxygens (including phenoxy) is 1. The first-order valence-electron chi connectivity index (χ1n) is 5.45. The van der Waals surface area contributed by atoms with Crippen LogP contribution in [0.2, 0.25) is 0 Å². The SMILES string of the molecule is CC1(C)C(=O)OC(Cc2ccccc2)C1O. The van der Waals surface area contributed by atoms with Crippen LogP contribution in [-0.4, -0.2) is 23.3 Å². The number of aliphatic hydroxyl groups excluding tert-OH is 1. The Kier molecular flexibility index (Phi) is 2.72. The molecule has 2 rings (SSSR count). The van der Waals surface area contributed by atoms with Crippen LogP contribution in [0.4, 0.5) is 0 Å². The summed E-state index contributed by atoms with van der Waals surface area (Å²) in [6, 6.07) is 9.73. The van der Waals surface area contributed by atoms with E-state index in [4.69, 9.17) is 4.74 Å². The van der Waals surface area contributed by atoms with E-state index in [2.05, 4.69) is 0 Å². The van der Waals surface area contributed by atoms with E-state index in [1.165, 1.54) is 0 Å². The summed E-state index contributed by atoms with van der Waals surface area (Å²) in [5, 5.41) is 10.0. The summed E-state index contributed by atoms with van der Waals surface area (Å²) in [6.45, 7) is 3.43.